The first-order chi connectivity index (χ1) is 12.7. The molecule has 0 bridgehead atoms. The minimum absolute atomic E-state index is 0.125. The van der Waals surface area contributed by atoms with Crippen LogP contribution in [0.5, 0.6) is 0 Å². The Balaban J connectivity index is 1.77. The van der Waals surface area contributed by atoms with E-state index in [2.05, 4.69) is 5.16 Å². The Morgan fingerprint density at radius 2 is 1.96 bits per heavy atom. The van der Waals surface area contributed by atoms with Crippen LogP contribution in [0.15, 0.2) is 47.6 Å². The molecule has 0 saturated carbocycles. The van der Waals surface area contributed by atoms with E-state index in [9.17, 15) is 4.39 Å². The van der Waals surface area contributed by atoms with Gasteiger partial charge >= 0.3 is 0 Å². The Bertz CT molecular complexity index is 752. The third-order valence-electron chi connectivity index (χ3n) is 4.64. The highest BCUT2D eigenvalue weighted by Gasteiger charge is 2.15. The van der Waals surface area contributed by atoms with E-state index < -0.39 is 0 Å². The summed E-state index contributed by atoms with van der Waals surface area (Å²) in [5.74, 6) is -0.255. The summed E-state index contributed by atoms with van der Waals surface area (Å²) in [6, 6.07) is 12.3. The van der Waals surface area contributed by atoms with Crippen molar-refractivity contribution in [3.05, 3.63) is 59.4 Å². The summed E-state index contributed by atoms with van der Waals surface area (Å²) < 4.78 is 24.6. The van der Waals surface area contributed by atoms with Gasteiger partial charge in [0.1, 0.15) is 5.82 Å². The lowest BCUT2D eigenvalue weighted by Gasteiger charge is -2.23. The van der Waals surface area contributed by atoms with Crippen molar-refractivity contribution >= 4 is 5.71 Å². The highest BCUT2D eigenvalue weighted by atomic mass is 19.1. The van der Waals surface area contributed by atoms with E-state index in [1.165, 1.54) is 12.1 Å². The predicted octanol–water partition coefficient (Wildman–Crippen LogP) is 4.78. The molecule has 1 unspecified atom stereocenters. The summed E-state index contributed by atoms with van der Waals surface area (Å²) in [6.07, 6.45) is 3.71. The van der Waals surface area contributed by atoms with Crippen molar-refractivity contribution in [2.45, 2.75) is 38.9 Å². The fourth-order valence-electron chi connectivity index (χ4n) is 3.17. The molecule has 1 heterocycles. The lowest BCUT2D eigenvalue weighted by molar-refractivity contribution is -0.161. The number of hydrogen-bond acceptors (Lipinski definition) is 4. The molecule has 0 amide bonds. The molecule has 138 valence electrons. The number of ether oxygens (including phenoxy) is 2. The lowest BCUT2D eigenvalue weighted by atomic mass is 9.95. The van der Waals surface area contributed by atoms with Gasteiger partial charge in [-0.2, -0.15) is 0 Å². The fourth-order valence-corrected chi connectivity index (χ4v) is 3.17. The number of rotatable bonds is 6. The molecule has 1 N–H and O–H groups in total. The van der Waals surface area contributed by atoms with Crippen molar-refractivity contribution in [1.29, 1.82) is 0 Å². The molecule has 1 atom stereocenters. The molecule has 1 fully saturated rings. The first-order valence-corrected chi connectivity index (χ1v) is 8.98. The Kier molecular flexibility index (Phi) is 6.36. The molecule has 0 spiro atoms. The Labute approximate surface area is 153 Å². The standard InChI is InChI=1S/C21H24FNO3/c1-15(23-24)20-10-7-17(16-5-8-19(22)9-6-16)14-18(20)11-13-26-21-4-2-3-12-25-21/h5-10,14,21,24H,2-4,11-13H2,1H3. The predicted molar refractivity (Wildman–Crippen MR) is 99.1 cm³/mol. The van der Waals surface area contributed by atoms with E-state index in [1.807, 2.05) is 18.2 Å². The summed E-state index contributed by atoms with van der Waals surface area (Å²) >= 11 is 0. The minimum atomic E-state index is -0.255. The van der Waals surface area contributed by atoms with E-state index in [4.69, 9.17) is 14.7 Å². The Morgan fingerprint density at radius 1 is 1.19 bits per heavy atom. The van der Waals surface area contributed by atoms with Gasteiger partial charge in [0.15, 0.2) is 6.29 Å². The smallest absolute Gasteiger partial charge is 0.157 e. The monoisotopic (exact) mass is 357 g/mol. The van der Waals surface area contributed by atoms with Crippen LogP contribution < -0.4 is 0 Å². The number of nitrogens with zero attached hydrogens (tertiary/aromatic N) is 1. The van der Waals surface area contributed by atoms with E-state index in [0.717, 1.165) is 48.1 Å². The van der Waals surface area contributed by atoms with Crippen molar-refractivity contribution in [1.82, 2.24) is 0 Å². The molecule has 4 nitrogen and oxygen atoms in total. The fraction of sp³-hybridized carbons (Fsp3) is 0.381. The van der Waals surface area contributed by atoms with Crippen LogP contribution in [-0.4, -0.2) is 30.4 Å². The molecular formula is C21H24FNO3. The van der Waals surface area contributed by atoms with Crippen LogP contribution in [0.2, 0.25) is 0 Å². The summed E-state index contributed by atoms with van der Waals surface area (Å²) in [5.41, 5.74) is 4.39. The second-order valence-electron chi connectivity index (χ2n) is 6.48. The van der Waals surface area contributed by atoms with Crippen molar-refractivity contribution in [3.8, 4) is 11.1 Å². The summed E-state index contributed by atoms with van der Waals surface area (Å²) in [6.45, 7) is 3.05. The Morgan fingerprint density at radius 3 is 2.65 bits per heavy atom. The zero-order valence-electron chi connectivity index (χ0n) is 15.0. The Hall–Kier alpha value is -2.24. The van der Waals surface area contributed by atoms with Crippen molar-refractivity contribution in [3.63, 3.8) is 0 Å². The van der Waals surface area contributed by atoms with Gasteiger partial charge in [0.2, 0.25) is 0 Å². The molecule has 1 aliphatic heterocycles. The molecule has 5 heteroatoms. The van der Waals surface area contributed by atoms with Gasteiger partial charge in [-0.05, 0) is 61.4 Å². The first-order valence-electron chi connectivity index (χ1n) is 8.98. The van der Waals surface area contributed by atoms with Crippen LogP contribution in [0.1, 0.15) is 37.3 Å². The third-order valence-corrected chi connectivity index (χ3v) is 4.64. The average Bonchev–Trinajstić information content (AvgIpc) is 2.69. The minimum Gasteiger partial charge on any atom is -0.411 e. The van der Waals surface area contributed by atoms with Gasteiger partial charge in [0.05, 0.1) is 12.3 Å². The second kappa shape index (κ2) is 8.92. The quantitative estimate of drug-likeness (QED) is 0.460. The molecule has 0 radical (unpaired) electrons. The van der Waals surface area contributed by atoms with Gasteiger partial charge in [-0.3, -0.25) is 0 Å². The summed E-state index contributed by atoms with van der Waals surface area (Å²) in [4.78, 5) is 0. The van der Waals surface area contributed by atoms with Crippen molar-refractivity contribution in [2.75, 3.05) is 13.2 Å². The molecule has 26 heavy (non-hydrogen) atoms. The van der Waals surface area contributed by atoms with Crippen LogP contribution in [0.4, 0.5) is 4.39 Å². The van der Waals surface area contributed by atoms with Crippen molar-refractivity contribution in [2.24, 2.45) is 5.16 Å². The normalized spacial score (nSPS) is 18.1. The van der Waals surface area contributed by atoms with Crippen molar-refractivity contribution < 1.29 is 19.1 Å². The highest BCUT2D eigenvalue weighted by molar-refractivity contribution is 6.00. The first kappa shape index (κ1) is 18.5. The van der Waals surface area contributed by atoms with Crippen LogP contribution in [0.3, 0.4) is 0 Å². The zero-order chi connectivity index (χ0) is 18.4. The van der Waals surface area contributed by atoms with E-state index in [0.29, 0.717) is 18.7 Å². The molecule has 2 aromatic rings. The van der Waals surface area contributed by atoms with Crippen LogP contribution in [-0.2, 0) is 15.9 Å². The van der Waals surface area contributed by atoms with E-state index in [1.54, 1.807) is 19.1 Å². The topological polar surface area (TPSA) is 51.1 Å². The van der Waals surface area contributed by atoms with E-state index in [-0.39, 0.29) is 12.1 Å². The largest absolute Gasteiger partial charge is 0.411 e. The number of oxime groups is 1. The average molecular weight is 357 g/mol. The van der Waals surface area contributed by atoms with Crippen LogP contribution >= 0.6 is 0 Å². The third kappa shape index (κ3) is 4.68. The van der Waals surface area contributed by atoms with Gasteiger partial charge in [-0.1, -0.05) is 35.5 Å². The molecule has 1 aliphatic rings. The van der Waals surface area contributed by atoms with Gasteiger partial charge in [0.25, 0.3) is 0 Å². The maximum atomic E-state index is 13.2. The maximum absolute atomic E-state index is 13.2. The number of hydrogen-bond donors (Lipinski definition) is 1. The zero-order valence-corrected chi connectivity index (χ0v) is 15.0. The SMILES string of the molecule is CC(=NO)c1ccc(-c2ccc(F)cc2)cc1CCOC1CCCCO1. The van der Waals surface area contributed by atoms with Gasteiger partial charge < -0.3 is 14.7 Å². The van der Waals surface area contributed by atoms with Crippen LogP contribution in [0.25, 0.3) is 11.1 Å². The van der Waals surface area contributed by atoms with Crippen LogP contribution in [0, 0.1) is 5.82 Å². The maximum Gasteiger partial charge on any atom is 0.157 e. The summed E-state index contributed by atoms with van der Waals surface area (Å²) in [7, 11) is 0. The number of halogens is 1. The molecule has 0 aliphatic carbocycles. The molecular weight excluding hydrogens is 333 g/mol. The second-order valence-corrected chi connectivity index (χ2v) is 6.48. The highest BCUT2D eigenvalue weighted by Crippen LogP contribution is 2.24. The molecule has 0 aromatic heterocycles. The lowest BCUT2D eigenvalue weighted by Crippen LogP contribution is -2.23. The van der Waals surface area contributed by atoms with Gasteiger partial charge in [-0.15, -0.1) is 0 Å². The van der Waals surface area contributed by atoms with Gasteiger partial charge in [0, 0.05) is 12.2 Å². The molecule has 1 saturated heterocycles. The number of benzene rings is 2. The summed E-state index contributed by atoms with van der Waals surface area (Å²) in [5, 5.41) is 12.5. The molecule has 3 rings (SSSR count). The van der Waals surface area contributed by atoms with E-state index >= 15 is 0 Å². The van der Waals surface area contributed by atoms with Gasteiger partial charge in [-0.25, -0.2) is 4.39 Å². The molecule has 2 aromatic carbocycles.